The Kier molecular flexibility index (Phi) is 4.41. The molecule has 3 fully saturated rings. The van der Waals surface area contributed by atoms with E-state index in [0.29, 0.717) is 18.0 Å². The zero-order chi connectivity index (χ0) is 18.4. The first-order chi connectivity index (χ1) is 12.4. The standard InChI is InChI=1S/C20H31N5O/c1-19(2)15-5-6-20(19,3)16(13-15)23-17(26)14-24-9-11-25(12-10-24)18-21-7-4-8-22-18/h4,7-8,15-16H,5-6,9-14H2,1-3H3,(H,23,26)/t15-,16-,20-/m0/s1. The predicted molar refractivity (Wildman–Crippen MR) is 102 cm³/mol. The first-order valence-electron chi connectivity index (χ1n) is 9.94. The summed E-state index contributed by atoms with van der Waals surface area (Å²) < 4.78 is 0. The van der Waals surface area contributed by atoms with Crippen molar-refractivity contribution < 1.29 is 4.79 Å². The molecule has 6 nitrogen and oxygen atoms in total. The quantitative estimate of drug-likeness (QED) is 0.892. The van der Waals surface area contributed by atoms with Gasteiger partial charge in [-0.15, -0.1) is 0 Å². The summed E-state index contributed by atoms with van der Waals surface area (Å²) >= 11 is 0. The van der Waals surface area contributed by atoms with Crippen LogP contribution in [0.5, 0.6) is 0 Å². The second kappa shape index (κ2) is 6.48. The van der Waals surface area contributed by atoms with Crippen LogP contribution in [0, 0.1) is 16.7 Å². The fourth-order valence-corrected chi connectivity index (χ4v) is 5.43. The van der Waals surface area contributed by atoms with Crippen molar-refractivity contribution in [3.8, 4) is 0 Å². The fourth-order valence-electron chi connectivity index (χ4n) is 5.43. The van der Waals surface area contributed by atoms with Gasteiger partial charge < -0.3 is 10.2 Å². The van der Waals surface area contributed by atoms with E-state index in [0.717, 1.165) is 44.5 Å². The molecule has 1 aliphatic heterocycles. The van der Waals surface area contributed by atoms with Crippen LogP contribution in [-0.4, -0.2) is 59.5 Å². The smallest absolute Gasteiger partial charge is 0.234 e. The van der Waals surface area contributed by atoms with E-state index in [4.69, 9.17) is 0 Å². The zero-order valence-corrected chi connectivity index (χ0v) is 16.2. The van der Waals surface area contributed by atoms with Crippen LogP contribution in [0.1, 0.15) is 40.0 Å². The minimum atomic E-state index is 0.184. The minimum Gasteiger partial charge on any atom is -0.352 e. The summed E-state index contributed by atoms with van der Waals surface area (Å²) in [5.74, 6) is 1.73. The summed E-state index contributed by atoms with van der Waals surface area (Å²) in [4.78, 5) is 25.7. The van der Waals surface area contributed by atoms with E-state index in [1.807, 2.05) is 6.07 Å². The van der Waals surface area contributed by atoms with Crippen LogP contribution in [0.4, 0.5) is 5.95 Å². The Labute approximate surface area is 156 Å². The summed E-state index contributed by atoms with van der Waals surface area (Å²) in [6, 6.07) is 2.17. The molecule has 3 atom stereocenters. The van der Waals surface area contributed by atoms with Gasteiger partial charge in [0.15, 0.2) is 0 Å². The summed E-state index contributed by atoms with van der Waals surface area (Å²) in [6.45, 7) is 11.2. The summed E-state index contributed by atoms with van der Waals surface area (Å²) in [6.07, 6.45) is 7.26. The van der Waals surface area contributed by atoms with Crippen molar-refractivity contribution >= 4 is 11.9 Å². The number of carbonyl (C=O) groups is 1. The molecule has 142 valence electrons. The molecule has 2 saturated carbocycles. The molecule has 1 saturated heterocycles. The van der Waals surface area contributed by atoms with E-state index in [1.165, 1.54) is 12.8 Å². The Balaban J connectivity index is 1.28. The summed E-state index contributed by atoms with van der Waals surface area (Å²) in [5.41, 5.74) is 0.586. The highest BCUT2D eigenvalue weighted by Crippen LogP contribution is 2.65. The van der Waals surface area contributed by atoms with Gasteiger partial charge in [0.1, 0.15) is 0 Å². The molecule has 1 N–H and O–H groups in total. The average molecular weight is 358 g/mol. The Morgan fingerprint density at radius 3 is 2.46 bits per heavy atom. The van der Waals surface area contributed by atoms with Gasteiger partial charge in [-0.1, -0.05) is 20.8 Å². The Morgan fingerprint density at radius 1 is 1.19 bits per heavy atom. The molecule has 2 bridgehead atoms. The molecule has 1 aromatic rings. The van der Waals surface area contributed by atoms with Gasteiger partial charge in [0.05, 0.1) is 6.54 Å². The van der Waals surface area contributed by atoms with E-state index in [9.17, 15) is 4.79 Å². The molecule has 0 aromatic carbocycles. The van der Waals surface area contributed by atoms with Gasteiger partial charge in [-0.25, -0.2) is 9.97 Å². The van der Waals surface area contributed by atoms with Crippen LogP contribution >= 0.6 is 0 Å². The van der Waals surface area contributed by atoms with Crippen molar-refractivity contribution in [2.45, 2.75) is 46.1 Å². The Hall–Kier alpha value is -1.69. The molecule has 3 aliphatic rings. The third kappa shape index (κ3) is 2.88. The largest absolute Gasteiger partial charge is 0.352 e. The van der Waals surface area contributed by atoms with Crippen LogP contribution in [0.25, 0.3) is 0 Å². The van der Waals surface area contributed by atoms with Gasteiger partial charge in [-0.3, -0.25) is 9.69 Å². The molecular formula is C20H31N5O. The van der Waals surface area contributed by atoms with Crippen molar-refractivity contribution in [1.82, 2.24) is 20.2 Å². The summed E-state index contributed by atoms with van der Waals surface area (Å²) in [5, 5.41) is 3.38. The topological polar surface area (TPSA) is 61.4 Å². The lowest BCUT2D eigenvalue weighted by molar-refractivity contribution is -0.124. The third-order valence-corrected chi connectivity index (χ3v) is 7.70. The number of hydrogen-bond acceptors (Lipinski definition) is 5. The molecule has 4 rings (SSSR count). The number of amides is 1. The van der Waals surface area contributed by atoms with Gasteiger partial charge in [-0.2, -0.15) is 0 Å². The average Bonchev–Trinajstić information content (AvgIpc) is 2.96. The first-order valence-corrected chi connectivity index (χ1v) is 9.94. The maximum absolute atomic E-state index is 12.7. The summed E-state index contributed by atoms with van der Waals surface area (Å²) in [7, 11) is 0. The molecule has 26 heavy (non-hydrogen) atoms. The van der Waals surface area contributed by atoms with Crippen molar-refractivity contribution in [2.75, 3.05) is 37.6 Å². The number of nitrogens with zero attached hydrogens (tertiary/aromatic N) is 4. The Morgan fingerprint density at radius 2 is 1.88 bits per heavy atom. The lowest BCUT2D eigenvalue weighted by Crippen LogP contribution is -2.53. The molecule has 0 unspecified atom stereocenters. The fraction of sp³-hybridized carbons (Fsp3) is 0.750. The predicted octanol–water partition coefficient (Wildman–Crippen LogP) is 1.93. The van der Waals surface area contributed by atoms with Crippen LogP contribution in [-0.2, 0) is 4.79 Å². The number of aromatic nitrogens is 2. The number of anilines is 1. The number of carbonyl (C=O) groups excluding carboxylic acids is 1. The van der Waals surface area contributed by atoms with Crippen molar-refractivity contribution in [1.29, 1.82) is 0 Å². The minimum absolute atomic E-state index is 0.184. The molecule has 2 aliphatic carbocycles. The van der Waals surface area contributed by atoms with Gasteiger partial charge >= 0.3 is 0 Å². The van der Waals surface area contributed by atoms with E-state index in [-0.39, 0.29) is 11.3 Å². The SMILES string of the molecule is CC1(C)[C@H]2CC[C@@]1(C)[C@@H](NC(=O)CN1CCN(c3ncccn3)CC1)C2. The van der Waals surface area contributed by atoms with Crippen molar-refractivity contribution in [3.05, 3.63) is 18.5 Å². The second-order valence-corrected chi connectivity index (χ2v) is 9.04. The number of fused-ring (bicyclic) bond motifs is 2. The maximum atomic E-state index is 12.7. The van der Waals surface area contributed by atoms with Gasteiger partial charge in [0.2, 0.25) is 11.9 Å². The zero-order valence-electron chi connectivity index (χ0n) is 16.2. The monoisotopic (exact) mass is 357 g/mol. The third-order valence-electron chi connectivity index (χ3n) is 7.70. The lowest BCUT2D eigenvalue weighted by atomic mass is 9.69. The number of nitrogens with one attached hydrogen (secondary N) is 1. The van der Waals surface area contributed by atoms with Gasteiger partial charge in [0, 0.05) is 44.6 Å². The lowest BCUT2D eigenvalue weighted by Gasteiger charge is -2.40. The highest BCUT2D eigenvalue weighted by atomic mass is 16.2. The molecule has 0 spiro atoms. The van der Waals surface area contributed by atoms with Gasteiger partial charge in [0.25, 0.3) is 0 Å². The number of hydrogen-bond donors (Lipinski definition) is 1. The normalized spacial score (nSPS) is 33.4. The van der Waals surface area contributed by atoms with E-state index < -0.39 is 0 Å². The second-order valence-electron chi connectivity index (χ2n) is 9.04. The van der Waals surface area contributed by atoms with Crippen LogP contribution in [0.15, 0.2) is 18.5 Å². The molecule has 1 aromatic heterocycles. The molecular weight excluding hydrogens is 326 g/mol. The maximum Gasteiger partial charge on any atom is 0.234 e. The van der Waals surface area contributed by atoms with Crippen molar-refractivity contribution in [2.24, 2.45) is 16.7 Å². The molecule has 2 heterocycles. The van der Waals surface area contributed by atoms with Crippen LogP contribution in [0.2, 0.25) is 0 Å². The van der Waals surface area contributed by atoms with Gasteiger partial charge in [-0.05, 0) is 42.1 Å². The van der Waals surface area contributed by atoms with E-state index in [1.54, 1.807) is 12.4 Å². The Bertz CT molecular complexity index is 655. The van der Waals surface area contributed by atoms with E-state index >= 15 is 0 Å². The molecule has 1 amide bonds. The molecule has 0 radical (unpaired) electrons. The highest BCUT2D eigenvalue weighted by molar-refractivity contribution is 5.78. The number of piperazine rings is 1. The first kappa shape index (κ1) is 17.7. The van der Waals surface area contributed by atoms with E-state index in [2.05, 4.69) is 45.9 Å². The van der Waals surface area contributed by atoms with Crippen LogP contribution in [0.3, 0.4) is 0 Å². The van der Waals surface area contributed by atoms with Crippen LogP contribution < -0.4 is 10.2 Å². The molecule has 6 heteroatoms. The van der Waals surface area contributed by atoms with Crippen molar-refractivity contribution in [3.63, 3.8) is 0 Å². The number of rotatable bonds is 4. The highest BCUT2D eigenvalue weighted by Gasteiger charge is 2.61.